The molecule has 0 amide bonds. The maximum absolute atomic E-state index is 5.56. The van der Waals surface area contributed by atoms with E-state index in [1.165, 1.54) is 19.4 Å². The molecule has 102 valence electrons. The molecule has 1 unspecified atom stereocenters. The third kappa shape index (κ3) is 7.30. The molecule has 1 aromatic rings. The highest BCUT2D eigenvalue weighted by Crippen LogP contribution is 2.07. The van der Waals surface area contributed by atoms with Crippen molar-refractivity contribution in [3.05, 3.63) is 30.3 Å². The largest absolute Gasteiger partial charge is 0.491 e. The van der Waals surface area contributed by atoms with Gasteiger partial charge in [-0.2, -0.15) is 0 Å². The van der Waals surface area contributed by atoms with Crippen LogP contribution in [0.2, 0.25) is 0 Å². The number of hydrogen-bond donors (Lipinski definition) is 1. The minimum absolute atomic E-state index is 0.623. The summed E-state index contributed by atoms with van der Waals surface area (Å²) in [4.78, 5) is 1.54. The van der Waals surface area contributed by atoms with E-state index in [1.54, 1.807) is 4.90 Å². The van der Waals surface area contributed by atoms with E-state index in [-0.39, 0.29) is 0 Å². The van der Waals surface area contributed by atoms with Gasteiger partial charge in [-0.25, -0.2) is 0 Å². The average Bonchev–Trinajstić information content (AvgIpc) is 2.41. The quantitative estimate of drug-likeness (QED) is 0.636. The van der Waals surface area contributed by atoms with Gasteiger partial charge in [0.2, 0.25) is 0 Å². The van der Waals surface area contributed by atoms with Gasteiger partial charge in [0.1, 0.15) is 18.9 Å². The van der Waals surface area contributed by atoms with Gasteiger partial charge in [-0.15, -0.1) is 0 Å². The van der Waals surface area contributed by atoms with Crippen molar-refractivity contribution in [3.8, 4) is 5.75 Å². The fraction of sp³-hybridized carbons (Fsp3) is 0.600. The second kappa shape index (κ2) is 9.92. The zero-order valence-electron chi connectivity index (χ0n) is 11.7. The summed E-state index contributed by atoms with van der Waals surface area (Å²) in [6, 6.07) is 9.86. The van der Waals surface area contributed by atoms with E-state index in [4.69, 9.17) is 9.47 Å². The molecule has 3 nitrogen and oxygen atoms in total. The topological polar surface area (TPSA) is 22.9 Å². The van der Waals surface area contributed by atoms with Crippen LogP contribution in [0.3, 0.4) is 0 Å². The van der Waals surface area contributed by atoms with Crippen molar-refractivity contribution in [2.75, 3.05) is 40.0 Å². The fourth-order valence-corrected chi connectivity index (χ4v) is 1.69. The maximum atomic E-state index is 5.56. The lowest BCUT2D eigenvalue weighted by Crippen LogP contribution is -3.09. The molecule has 0 aliphatic heterocycles. The van der Waals surface area contributed by atoms with Gasteiger partial charge in [0.25, 0.3) is 0 Å². The van der Waals surface area contributed by atoms with Gasteiger partial charge in [-0.05, 0) is 18.6 Å². The third-order valence-electron chi connectivity index (χ3n) is 2.87. The Morgan fingerprint density at radius 2 is 1.78 bits per heavy atom. The van der Waals surface area contributed by atoms with Gasteiger partial charge in [-0.3, -0.25) is 0 Å². The first-order valence-corrected chi connectivity index (χ1v) is 6.90. The Bertz CT molecular complexity index is 290. The first-order valence-electron chi connectivity index (χ1n) is 6.90. The van der Waals surface area contributed by atoms with Crippen LogP contribution in [0, 0.1) is 0 Å². The average molecular weight is 252 g/mol. The van der Waals surface area contributed by atoms with Crippen molar-refractivity contribution >= 4 is 0 Å². The first kappa shape index (κ1) is 15.0. The standard InChI is InChI=1S/C15H25NO2/c1-3-4-10-16(2)11-12-17-13-14-18-15-8-6-5-7-9-15/h5-9H,3-4,10-14H2,1-2H3/p+1. The summed E-state index contributed by atoms with van der Waals surface area (Å²) < 4.78 is 11.1. The summed E-state index contributed by atoms with van der Waals surface area (Å²) in [5.74, 6) is 0.909. The van der Waals surface area contributed by atoms with Crippen LogP contribution in [0.25, 0.3) is 0 Å². The summed E-state index contributed by atoms with van der Waals surface area (Å²) in [6.45, 7) is 6.64. The van der Waals surface area contributed by atoms with E-state index in [0.717, 1.165) is 18.9 Å². The number of quaternary nitrogens is 1. The molecule has 0 aliphatic carbocycles. The Kier molecular flexibility index (Phi) is 8.26. The van der Waals surface area contributed by atoms with Crippen LogP contribution in [-0.2, 0) is 4.74 Å². The lowest BCUT2D eigenvalue weighted by molar-refractivity contribution is -0.880. The number of likely N-dealkylation sites (N-methyl/N-ethyl adjacent to an activating group) is 1. The van der Waals surface area contributed by atoms with Gasteiger partial charge in [0.05, 0.1) is 26.8 Å². The molecule has 0 bridgehead atoms. The highest BCUT2D eigenvalue weighted by molar-refractivity contribution is 5.20. The second-order valence-electron chi connectivity index (χ2n) is 4.58. The minimum atomic E-state index is 0.623. The van der Waals surface area contributed by atoms with E-state index < -0.39 is 0 Å². The van der Waals surface area contributed by atoms with E-state index in [2.05, 4.69) is 14.0 Å². The predicted octanol–water partition coefficient (Wildman–Crippen LogP) is 1.40. The van der Waals surface area contributed by atoms with Gasteiger partial charge in [0.15, 0.2) is 0 Å². The van der Waals surface area contributed by atoms with Crippen LogP contribution in [0.5, 0.6) is 5.75 Å². The SMILES string of the molecule is CCCC[NH+](C)CCOCCOc1ccccc1. The van der Waals surface area contributed by atoms with Gasteiger partial charge < -0.3 is 14.4 Å². The zero-order valence-corrected chi connectivity index (χ0v) is 11.7. The monoisotopic (exact) mass is 252 g/mol. The van der Waals surface area contributed by atoms with Crippen molar-refractivity contribution in [1.82, 2.24) is 0 Å². The Hall–Kier alpha value is -1.06. The summed E-state index contributed by atoms with van der Waals surface area (Å²) >= 11 is 0. The lowest BCUT2D eigenvalue weighted by atomic mass is 10.3. The molecule has 3 heteroatoms. The van der Waals surface area contributed by atoms with Crippen molar-refractivity contribution in [3.63, 3.8) is 0 Å². The molecule has 0 saturated heterocycles. The molecule has 18 heavy (non-hydrogen) atoms. The highest BCUT2D eigenvalue weighted by Gasteiger charge is 2.00. The smallest absolute Gasteiger partial charge is 0.119 e. The van der Waals surface area contributed by atoms with Crippen molar-refractivity contribution < 1.29 is 14.4 Å². The van der Waals surface area contributed by atoms with E-state index in [9.17, 15) is 0 Å². The number of benzene rings is 1. The highest BCUT2D eigenvalue weighted by atomic mass is 16.5. The molecule has 0 aromatic heterocycles. The molecule has 0 aliphatic rings. The lowest BCUT2D eigenvalue weighted by Gasteiger charge is -2.13. The van der Waals surface area contributed by atoms with Crippen molar-refractivity contribution in [2.24, 2.45) is 0 Å². The molecule has 0 radical (unpaired) electrons. The number of ether oxygens (including phenoxy) is 2. The summed E-state index contributed by atoms with van der Waals surface area (Å²) in [6.07, 6.45) is 2.56. The Balaban J connectivity index is 1.93. The predicted molar refractivity (Wildman–Crippen MR) is 74.3 cm³/mol. The molecule has 1 rings (SSSR count). The van der Waals surface area contributed by atoms with E-state index >= 15 is 0 Å². The van der Waals surface area contributed by atoms with Crippen molar-refractivity contribution in [1.29, 1.82) is 0 Å². The van der Waals surface area contributed by atoms with Crippen molar-refractivity contribution in [2.45, 2.75) is 19.8 Å². The van der Waals surface area contributed by atoms with Gasteiger partial charge >= 0.3 is 0 Å². The molecule has 0 fully saturated rings. The molecule has 1 aromatic carbocycles. The normalized spacial score (nSPS) is 12.3. The van der Waals surface area contributed by atoms with Crippen LogP contribution >= 0.6 is 0 Å². The van der Waals surface area contributed by atoms with Gasteiger partial charge in [-0.1, -0.05) is 31.5 Å². The molecule has 0 heterocycles. The second-order valence-corrected chi connectivity index (χ2v) is 4.58. The van der Waals surface area contributed by atoms with Crippen LogP contribution in [0.15, 0.2) is 30.3 Å². The molecule has 0 spiro atoms. The number of unbranched alkanes of at least 4 members (excludes halogenated alkanes) is 1. The van der Waals surface area contributed by atoms with Crippen LogP contribution < -0.4 is 9.64 Å². The van der Waals surface area contributed by atoms with Gasteiger partial charge in [0, 0.05) is 0 Å². The number of para-hydroxylation sites is 1. The summed E-state index contributed by atoms with van der Waals surface area (Å²) in [5.41, 5.74) is 0. The summed E-state index contributed by atoms with van der Waals surface area (Å²) in [7, 11) is 2.22. The Morgan fingerprint density at radius 1 is 1.00 bits per heavy atom. The first-order chi connectivity index (χ1) is 8.83. The van der Waals surface area contributed by atoms with Crippen LogP contribution in [0.1, 0.15) is 19.8 Å². The molecule has 1 N–H and O–H groups in total. The number of hydrogen-bond acceptors (Lipinski definition) is 2. The molecule has 1 atom stereocenters. The number of rotatable bonds is 10. The Morgan fingerprint density at radius 3 is 2.50 bits per heavy atom. The van der Waals surface area contributed by atoms with Crippen LogP contribution in [-0.4, -0.2) is 40.0 Å². The molecular formula is C15H26NO2+. The van der Waals surface area contributed by atoms with E-state index in [1.807, 2.05) is 30.3 Å². The fourth-order valence-electron chi connectivity index (χ4n) is 1.69. The number of nitrogens with one attached hydrogen (secondary N) is 1. The zero-order chi connectivity index (χ0) is 13.1. The third-order valence-corrected chi connectivity index (χ3v) is 2.87. The molecule has 0 saturated carbocycles. The molecular weight excluding hydrogens is 226 g/mol. The maximum Gasteiger partial charge on any atom is 0.119 e. The Labute approximate surface area is 111 Å². The van der Waals surface area contributed by atoms with E-state index in [0.29, 0.717) is 13.2 Å². The van der Waals surface area contributed by atoms with Crippen LogP contribution in [0.4, 0.5) is 0 Å². The minimum Gasteiger partial charge on any atom is -0.491 e. The summed E-state index contributed by atoms with van der Waals surface area (Å²) in [5, 5.41) is 0.